The van der Waals surface area contributed by atoms with Gasteiger partial charge in [0, 0.05) is 14.3 Å². The Morgan fingerprint density at radius 3 is 2.91 bits per heavy atom. The summed E-state index contributed by atoms with van der Waals surface area (Å²) in [6.07, 6.45) is 1.80. The maximum Gasteiger partial charge on any atom is 0.0672 e. The van der Waals surface area contributed by atoms with Crippen LogP contribution in [-0.4, -0.2) is 10.2 Å². The highest BCUT2D eigenvalue weighted by atomic mass is 79.9. The third-order valence-electron chi connectivity index (χ3n) is 1.47. The molecule has 0 saturated carbocycles. The van der Waals surface area contributed by atoms with Crippen molar-refractivity contribution in [3.8, 4) is 0 Å². The Kier molecular flexibility index (Phi) is 1.73. The number of nitrogens with zero attached hydrogens (tertiary/aromatic N) is 1. The fourth-order valence-electron chi connectivity index (χ4n) is 0.975. The molecule has 1 heterocycles. The lowest BCUT2D eigenvalue weighted by Gasteiger charge is -1.93. The van der Waals surface area contributed by atoms with Gasteiger partial charge >= 0.3 is 0 Å². The van der Waals surface area contributed by atoms with Gasteiger partial charge in [-0.3, -0.25) is 5.10 Å². The number of benzene rings is 1. The van der Waals surface area contributed by atoms with Crippen LogP contribution >= 0.6 is 31.9 Å². The molecule has 0 aliphatic carbocycles. The van der Waals surface area contributed by atoms with E-state index in [1.54, 1.807) is 6.20 Å². The summed E-state index contributed by atoms with van der Waals surface area (Å²) in [4.78, 5) is 0. The highest BCUT2D eigenvalue weighted by Crippen LogP contribution is 2.26. The van der Waals surface area contributed by atoms with E-state index in [4.69, 9.17) is 0 Å². The van der Waals surface area contributed by atoms with Gasteiger partial charge in [0.25, 0.3) is 0 Å². The summed E-state index contributed by atoms with van der Waals surface area (Å²) in [6, 6.07) is 3.99. The van der Waals surface area contributed by atoms with Crippen molar-refractivity contribution in [1.29, 1.82) is 0 Å². The molecule has 11 heavy (non-hydrogen) atoms. The molecule has 1 N–H and O–H groups in total. The van der Waals surface area contributed by atoms with Crippen molar-refractivity contribution in [2.24, 2.45) is 0 Å². The Morgan fingerprint density at radius 1 is 1.27 bits per heavy atom. The largest absolute Gasteiger partial charge is 0.278 e. The van der Waals surface area contributed by atoms with Crippen molar-refractivity contribution in [3.63, 3.8) is 0 Å². The molecule has 0 amide bonds. The molecular formula is C7H4Br2N2. The normalized spacial score (nSPS) is 10.7. The molecule has 0 unspecified atom stereocenters. The zero-order valence-corrected chi connectivity index (χ0v) is 8.61. The van der Waals surface area contributed by atoms with Crippen LogP contribution in [0.25, 0.3) is 10.9 Å². The zero-order chi connectivity index (χ0) is 7.84. The standard InChI is InChI=1S/C7H4Br2N2/c8-4-1-6(9)5-3-10-11-7(5)2-4/h1-3H,(H,10,11). The molecular weight excluding hydrogens is 272 g/mol. The first-order valence-electron chi connectivity index (χ1n) is 3.05. The highest BCUT2D eigenvalue weighted by Gasteiger charge is 2.00. The van der Waals surface area contributed by atoms with E-state index in [0.717, 1.165) is 19.8 Å². The minimum absolute atomic E-state index is 1.03. The number of aromatic nitrogens is 2. The van der Waals surface area contributed by atoms with Crippen LogP contribution in [-0.2, 0) is 0 Å². The molecule has 0 radical (unpaired) electrons. The second-order valence-electron chi connectivity index (χ2n) is 2.22. The first kappa shape index (κ1) is 7.31. The summed E-state index contributed by atoms with van der Waals surface area (Å²) < 4.78 is 2.09. The van der Waals surface area contributed by atoms with E-state index in [1.165, 1.54) is 0 Å². The van der Waals surface area contributed by atoms with Gasteiger partial charge in [0.05, 0.1) is 11.7 Å². The first-order valence-corrected chi connectivity index (χ1v) is 4.64. The van der Waals surface area contributed by atoms with Crippen LogP contribution in [0, 0.1) is 0 Å². The molecule has 0 aliphatic heterocycles. The summed E-state index contributed by atoms with van der Waals surface area (Å²) in [5, 5.41) is 7.92. The number of hydrogen-bond acceptors (Lipinski definition) is 1. The maximum absolute atomic E-state index is 3.93. The molecule has 56 valence electrons. The fraction of sp³-hybridized carbons (Fsp3) is 0. The van der Waals surface area contributed by atoms with Crippen molar-refractivity contribution >= 4 is 42.8 Å². The lowest BCUT2D eigenvalue weighted by Crippen LogP contribution is -1.70. The van der Waals surface area contributed by atoms with Crippen molar-refractivity contribution in [1.82, 2.24) is 10.2 Å². The van der Waals surface area contributed by atoms with Crippen molar-refractivity contribution in [3.05, 3.63) is 27.3 Å². The van der Waals surface area contributed by atoms with E-state index in [1.807, 2.05) is 12.1 Å². The summed E-state index contributed by atoms with van der Waals surface area (Å²) in [5.74, 6) is 0. The van der Waals surface area contributed by atoms with Crippen LogP contribution in [0.4, 0.5) is 0 Å². The SMILES string of the molecule is Brc1cc(Br)c2cn[nH]c2c1. The molecule has 2 rings (SSSR count). The van der Waals surface area contributed by atoms with Crippen molar-refractivity contribution < 1.29 is 0 Å². The van der Waals surface area contributed by atoms with Crippen LogP contribution in [0.15, 0.2) is 27.3 Å². The third-order valence-corrected chi connectivity index (χ3v) is 2.59. The van der Waals surface area contributed by atoms with E-state index < -0.39 is 0 Å². The number of rotatable bonds is 0. The van der Waals surface area contributed by atoms with Crippen LogP contribution in [0.5, 0.6) is 0 Å². The fourth-order valence-corrected chi connectivity index (χ4v) is 2.30. The summed E-state index contributed by atoms with van der Waals surface area (Å²) in [7, 11) is 0. The van der Waals surface area contributed by atoms with Crippen LogP contribution in [0.3, 0.4) is 0 Å². The van der Waals surface area contributed by atoms with Crippen molar-refractivity contribution in [2.75, 3.05) is 0 Å². The first-order chi connectivity index (χ1) is 5.27. The molecule has 4 heteroatoms. The number of fused-ring (bicyclic) bond motifs is 1. The molecule has 0 saturated heterocycles. The average molecular weight is 276 g/mol. The molecule has 0 spiro atoms. The average Bonchev–Trinajstić information content (AvgIpc) is 2.34. The summed E-state index contributed by atoms with van der Waals surface area (Å²) in [5.41, 5.74) is 1.03. The van der Waals surface area contributed by atoms with Gasteiger partial charge in [-0.2, -0.15) is 5.10 Å². The number of H-pyrrole nitrogens is 1. The number of halogens is 2. The van der Waals surface area contributed by atoms with E-state index in [0.29, 0.717) is 0 Å². The van der Waals surface area contributed by atoms with E-state index in [-0.39, 0.29) is 0 Å². The molecule has 1 aromatic carbocycles. The number of nitrogens with one attached hydrogen (secondary N) is 1. The molecule has 2 nitrogen and oxygen atoms in total. The molecule has 2 aromatic rings. The van der Waals surface area contributed by atoms with E-state index in [2.05, 4.69) is 42.1 Å². The van der Waals surface area contributed by atoms with E-state index >= 15 is 0 Å². The van der Waals surface area contributed by atoms with E-state index in [9.17, 15) is 0 Å². The smallest absolute Gasteiger partial charge is 0.0672 e. The third kappa shape index (κ3) is 1.20. The second kappa shape index (κ2) is 2.60. The Balaban J connectivity index is 2.91. The zero-order valence-electron chi connectivity index (χ0n) is 5.44. The van der Waals surface area contributed by atoms with Gasteiger partial charge < -0.3 is 0 Å². The Labute approximate surface area is 80.2 Å². The maximum atomic E-state index is 3.93. The predicted molar refractivity (Wildman–Crippen MR) is 51.5 cm³/mol. The Morgan fingerprint density at radius 2 is 2.09 bits per heavy atom. The van der Waals surface area contributed by atoms with Gasteiger partial charge in [0.1, 0.15) is 0 Å². The van der Waals surface area contributed by atoms with Gasteiger partial charge in [-0.1, -0.05) is 15.9 Å². The monoisotopic (exact) mass is 274 g/mol. The molecule has 0 fully saturated rings. The minimum Gasteiger partial charge on any atom is -0.278 e. The molecule has 1 aromatic heterocycles. The Bertz CT molecular complexity index is 394. The predicted octanol–water partition coefficient (Wildman–Crippen LogP) is 3.09. The Hall–Kier alpha value is -0.350. The topological polar surface area (TPSA) is 28.7 Å². The van der Waals surface area contributed by atoms with Crippen molar-refractivity contribution in [2.45, 2.75) is 0 Å². The van der Waals surface area contributed by atoms with Gasteiger partial charge in [-0.25, -0.2) is 0 Å². The lowest BCUT2D eigenvalue weighted by atomic mass is 10.3. The van der Waals surface area contributed by atoms with Crippen LogP contribution < -0.4 is 0 Å². The van der Waals surface area contributed by atoms with Crippen LogP contribution in [0.1, 0.15) is 0 Å². The minimum atomic E-state index is 1.03. The quantitative estimate of drug-likeness (QED) is 0.786. The second-order valence-corrected chi connectivity index (χ2v) is 3.99. The number of aromatic amines is 1. The highest BCUT2D eigenvalue weighted by molar-refractivity contribution is 9.11. The molecule has 0 bridgehead atoms. The summed E-state index contributed by atoms with van der Waals surface area (Å²) in [6.45, 7) is 0. The molecule has 0 atom stereocenters. The van der Waals surface area contributed by atoms with Gasteiger partial charge in [0.15, 0.2) is 0 Å². The van der Waals surface area contributed by atoms with Gasteiger partial charge in [0.2, 0.25) is 0 Å². The van der Waals surface area contributed by atoms with Gasteiger partial charge in [-0.05, 0) is 28.1 Å². The molecule has 0 aliphatic rings. The van der Waals surface area contributed by atoms with Crippen LogP contribution in [0.2, 0.25) is 0 Å². The number of hydrogen-bond donors (Lipinski definition) is 1. The van der Waals surface area contributed by atoms with Gasteiger partial charge in [-0.15, -0.1) is 0 Å². The lowest BCUT2D eigenvalue weighted by molar-refractivity contribution is 1.12. The summed E-state index contributed by atoms with van der Waals surface area (Å²) >= 11 is 6.83.